The SMILES string of the molecule is CCCCCc1ccc(-c2ccc(C(=O)Oc3ccc(Cl)nc3)cc2)cc1. The highest BCUT2D eigenvalue weighted by atomic mass is 35.5. The Kier molecular flexibility index (Phi) is 6.61. The Hall–Kier alpha value is -2.65. The van der Waals surface area contributed by atoms with Gasteiger partial charge in [0.2, 0.25) is 0 Å². The van der Waals surface area contributed by atoms with Crippen molar-refractivity contribution in [2.24, 2.45) is 0 Å². The molecule has 1 heterocycles. The number of hydrogen-bond donors (Lipinski definition) is 0. The molecule has 0 saturated carbocycles. The average Bonchev–Trinajstić information content (AvgIpc) is 2.70. The minimum Gasteiger partial charge on any atom is -0.421 e. The Morgan fingerprint density at radius 2 is 1.59 bits per heavy atom. The van der Waals surface area contributed by atoms with Crippen LogP contribution in [0.3, 0.4) is 0 Å². The first-order chi connectivity index (χ1) is 13.2. The second kappa shape index (κ2) is 9.33. The first-order valence-electron chi connectivity index (χ1n) is 9.19. The van der Waals surface area contributed by atoms with Crippen LogP contribution in [0.25, 0.3) is 11.1 Å². The third-order valence-corrected chi connectivity index (χ3v) is 4.61. The van der Waals surface area contributed by atoms with Gasteiger partial charge in [0, 0.05) is 0 Å². The van der Waals surface area contributed by atoms with Gasteiger partial charge in [-0.15, -0.1) is 0 Å². The number of hydrogen-bond acceptors (Lipinski definition) is 3. The van der Waals surface area contributed by atoms with E-state index in [-0.39, 0.29) is 0 Å². The third-order valence-electron chi connectivity index (χ3n) is 4.39. The largest absolute Gasteiger partial charge is 0.421 e. The van der Waals surface area contributed by atoms with Crippen molar-refractivity contribution in [3.8, 4) is 16.9 Å². The molecule has 0 N–H and O–H groups in total. The molecule has 27 heavy (non-hydrogen) atoms. The minimum atomic E-state index is -0.419. The first kappa shape index (κ1) is 19.1. The van der Waals surface area contributed by atoms with E-state index in [1.165, 1.54) is 31.0 Å². The third kappa shape index (κ3) is 5.41. The van der Waals surface area contributed by atoms with Gasteiger partial charge in [-0.1, -0.05) is 67.8 Å². The molecule has 3 aromatic rings. The highest BCUT2D eigenvalue weighted by Gasteiger charge is 2.09. The number of nitrogens with zero attached hydrogens (tertiary/aromatic N) is 1. The molecule has 0 saturated heterocycles. The predicted octanol–water partition coefficient (Wildman–Crippen LogP) is 6.35. The van der Waals surface area contributed by atoms with Gasteiger partial charge in [0.25, 0.3) is 0 Å². The van der Waals surface area contributed by atoms with Gasteiger partial charge in [-0.2, -0.15) is 0 Å². The lowest BCUT2D eigenvalue weighted by molar-refractivity contribution is 0.0734. The predicted molar refractivity (Wildman–Crippen MR) is 109 cm³/mol. The van der Waals surface area contributed by atoms with Crippen molar-refractivity contribution in [2.45, 2.75) is 32.6 Å². The fourth-order valence-corrected chi connectivity index (χ4v) is 2.94. The number of ether oxygens (including phenoxy) is 1. The lowest BCUT2D eigenvalue weighted by atomic mass is 10.0. The Labute approximate surface area is 165 Å². The van der Waals surface area contributed by atoms with E-state index in [1.54, 1.807) is 24.3 Å². The van der Waals surface area contributed by atoms with Crippen LogP contribution in [0.4, 0.5) is 0 Å². The number of pyridine rings is 1. The fourth-order valence-electron chi connectivity index (χ4n) is 2.83. The molecule has 0 fully saturated rings. The van der Waals surface area contributed by atoms with E-state index in [1.807, 2.05) is 12.1 Å². The van der Waals surface area contributed by atoms with Gasteiger partial charge in [-0.25, -0.2) is 9.78 Å². The summed E-state index contributed by atoms with van der Waals surface area (Å²) in [5.41, 5.74) is 4.06. The zero-order valence-electron chi connectivity index (χ0n) is 15.3. The molecule has 0 spiro atoms. The van der Waals surface area contributed by atoms with Gasteiger partial charge in [0.05, 0.1) is 11.8 Å². The second-order valence-electron chi connectivity index (χ2n) is 6.44. The van der Waals surface area contributed by atoms with Gasteiger partial charge >= 0.3 is 5.97 Å². The lowest BCUT2D eigenvalue weighted by Crippen LogP contribution is -2.08. The average molecular weight is 380 g/mol. The van der Waals surface area contributed by atoms with Crippen LogP contribution >= 0.6 is 11.6 Å². The molecule has 3 nitrogen and oxygen atoms in total. The Morgan fingerprint density at radius 1 is 0.926 bits per heavy atom. The Bertz CT molecular complexity index is 872. The molecule has 0 radical (unpaired) electrons. The zero-order chi connectivity index (χ0) is 19.1. The molecule has 0 bridgehead atoms. The van der Waals surface area contributed by atoms with Gasteiger partial charge < -0.3 is 4.74 Å². The number of unbranched alkanes of at least 4 members (excludes halogenated alkanes) is 2. The van der Waals surface area contributed by atoms with Crippen molar-refractivity contribution >= 4 is 17.6 Å². The molecule has 0 aliphatic carbocycles. The molecule has 3 rings (SSSR count). The van der Waals surface area contributed by atoms with Crippen molar-refractivity contribution in [3.63, 3.8) is 0 Å². The number of benzene rings is 2. The van der Waals surface area contributed by atoms with Crippen molar-refractivity contribution in [3.05, 3.63) is 83.1 Å². The van der Waals surface area contributed by atoms with E-state index in [4.69, 9.17) is 16.3 Å². The highest BCUT2D eigenvalue weighted by molar-refractivity contribution is 6.29. The molecule has 1 aromatic heterocycles. The van der Waals surface area contributed by atoms with Crippen LogP contribution in [-0.2, 0) is 6.42 Å². The summed E-state index contributed by atoms with van der Waals surface area (Å²) in [6.07, 6.45) is 6.29. The van der Waals surface area contributed by atoms with E-state index in [9.17, 15) is 4.79 Å². The van der Waals surface area contributed by atoms with Gasteiger partial charge in [-0.05, 0) is 53.8 Å². The smallest absolute Gasteiger partial charge is 0.343 e. The van der Waals surface area contributed by atoms with Gasteiger partial charge in [-0.3, -0.25) is 0 Å². The summed E-state index contributed by atoms with van der Waals surface area (Å²) < 4.78 is 5.30. The summed E-state index contributed by atoms with van der Waals surface area (Å²) >= 11 is 5.73. The van der Waals surface area contributed by atoms with Crippen LogP contribution in [0.2, 0.25) is 5.15 Å². The lowest BCUT2D eigenvalue weighted by Gasteiger charge is -2.07. The van der Waals surface area contributed by atoms with Crippen molar-refractivity contribution < 1.29 is 9.53 Å². The van der Waals surface area contributed by atoms with E-state index >= 15 is 0 Å². The summed E-state index contributed by atoms with van der Waals surface area (Å²) in [6, 6.07) is 19.2. The summed E-state index contributed by atoms with van der Waals surface area (Å²) in [6.45, 7) is 2.22. The van der Waals surface area contributed by atoms with Gasteiger partial charge in [0.1, 0.15) is 10.9 Å². The number of aryl methyl sites for hydroxylation is 1. The normalized spacial score (nSPS) is 10.6. The van der Waals surface area contributed by atoms with Crippen LogP contribution in [0.1, 0.15) is 42.1 Å². The number of halogens is 1. The standard InChI is InChI=1S/C23H22ClNO2/c1-2-3-4-5-17-6-8-18(9-7-17)19-10-12-20(13-11-19)23(26)27-21-14-15-22(24)25-16-21/h6-16H,2-5H2,1H3. The molecule has 0 amide bonds. The minimum absolute atomic E-state index is 0.357. The zero-order valence-corrected chi connectivity index (χ0v) is 16.1. The van der Waals surface area contributed by atoms with Gasteiger partial charge in [0.15, 0.2) is 0 Å². The number of carbonyl (C=O) groups is 1. The summed E-state index contributed by atoms with van der Waals surface area (Å²) in [4.78, 5) is 16.1. The summed E-state index contributed by atoms with van der Waals surface area (Å²) in [7, 11) is 0. The van der Waals surface area contributed by atoms with E-state index in [2.05, 4.69) is 36.2 Å². The molecule has 0 unspecified atom stereocenters. The van der Waals surface area contributed by atoms with Crippen LogP contribution in [-0.4, -0.2) is 11.0 Å². The highest BCUT2D eigenvalue weighted by Crippen LogP contribution is 2.22. The molecule has 138 valence electrons. The van der Waals surface area contributed by atoms with Crippen LogP contribution in [0.15, 0.2) is 66.9 Å². The van der Waals surface area contributed by atoms with Crippen molar-refractivity contribution in [1.82, 2.24) is 4.98 Å². The van der Waals surface area contributed by atoms with Crippen LogP contribution < -0.4 is 4.74 Å². The van der Waals surface area contributed by atoms with Crippen LogP contribution in [0.5, 0.6) is 5.75 Å². The number of carbonyl (C=O) groups excluding carboxylic acids is 1. The van der Waals surface area contributed by atoms with E-state index in [0.717, 1.165) is 17.5 Å². The summed E-state index contributed by atoms with van der Waals surface area (Å²) in [5.74, 6) is -0.0518. The molecular weight excluding hydrogens is 358 g/mol. The number of aromatic nitrogens is 1. The monoisotopic (exact) mass is 379 g/mol. The fraction of sp³-hybridized carbons (Fsp3) is 0.217. The molecule has 0 aliphatic rings. The first-order valence-corrected chi connectivity index (χ1v) is 9.56. The summed E-state index contributed by atoms with van der Waals surface area (Å²) in [5, 5.41) is 0.357. The second-order valence-corrected chi connectivity index (χ2v) is 6.82. The molecular formula is C23H22ClNO2. The van der Waals surface area contributed by atoms with Crippen molar-refractivity contribution in [2.75, 3.05) is 0 Å². The Morgan fingerprint density at radius 3 is 2.19 bits per heavy atom. The maximum Gasteiger partial charge on any atom is 0.343 e. The topological polar surface area (TPSA) is 39.2 Å². The van der Waals surface area contributed by atoms with E-state index in [0.29, 0.717) is 16.5 Å². The molecule has 0 atom stereocenters. The van der Waals surface area contributed by atoms with Crippen molar-refractivity contribution in [1.29, 1.82) is 0 Å². The number of rotatable bonds is 7. The van der Waals surface area contributed by atoms with E-state index < -0.39 is 5.97 Å². The number of esters is 1. The molecule has 0 aliphatic heterocycles. The maximum absolute atomic E-state index is 12.2. The molecule has 4 heteroatoms. The van der Waals surface area contributed by atoms with Crippen LogP contribution in [0, 0.1) is 0 Å². The molecule has 2 aromatic carbocycles. The quantitative estimate of drug-likeness (QED) is 0.272. The maximum atomic E-state index is 12.2. The Balaban J connectivity index is 1.64.